The van der Waals surface area contributed by atoms with Crippen LogP contribution < -0.4 is 0 Å². The molecule has 1 heterocycles. The topological polar surface area (TPSA) is 44.8 Å². The highest BCUT2D eigenvalue weighted by molar-refractivity contribution is 5.69. The Kier molecular flexibility index (Phi) is 4.55. The van der Waals surface area contributed by atoms with E-state index in [0.29, 0.717) is 32.0 Å². The number of rotatable bonds is 4. The SMILES string of the molecule is C=C(C)[C@@H]1CCCC2(OCCO2)[C@@]1(C)CCC(=O)OC. The molecule has 1 saturated heterocycles. The maximum atomic E-state index is 11.6. The van der Waals surface area contributed by atoms with E-state index in [1.54, 1.807) is 0 Å². The van der Waals surface area contributed by atoms with Crippen LogP contribution in [0.3, 0.4) is 0 Å². The van der Waals surface area contributed by atoms with Crippen LogP contribution in [0.2, 0.25) is 0 Å². The summed E-state index contributed by atoms with van der Waals surface area (Å²) in [6, 6.07) is 0. The van der Waals surface area contributed by atoms with Gasteiger partial charge in [0.1, 0.15) is 0 Å². The molecule has 20 heavy (non-hydrogen) atoms. The Balaban J connectivity index is 2.26. The fourth-order valence-corrected chi connectivity index (χ4v) is 3.96. The van der Waals surface area contributed by atoms with Crippen molar-refractivity contribution < 1.29 is 19.0 Å². The van der Waals surface area contributed by atoms with Crippen LogP contribution in [-0.4, -0.2) is 32.1 Å². The molecule has 1 aliphatic carbocycles. The summed E-state index contributed by atoms with van der Waals surface area (Å²) >= 11 is 0. The van der Waals surface area contributed by atoms with E-state index in [0.717, 1.165) is 24.8 Å². The predicted octanol–water partition coefficient (Wildman–Crippen LogP) is 3.07. The van der Waals surface area contributed by atoms with E-state index in [-0.39, 0.29) is 11.4 Å². The zero-order chi connectivity index (χ0) is 14.8. The average Bonchev–Trinajstić information content (AvgIpc) is 2.89. The van der Waals surface area contributed by atoms with Crippen LogP contribution in [-0.2, 0) is 19.0 Å². The fourth-order valence-electron chi connectivity index (χ4n) is 3.96. The fraction of sp³-hybridized carbons (Fsp3) is 0.812. The third-order valence-electron chi connectivity index (χ3n) is 5.06. The molecule has 4 heteroatoms. The Morgan fingerprint density at radius 2 is 2.05 bits per heavy atom. The van der Waals surface area contributed by atoms with Crippen molar-refractivity contribution >= 4 is 5.97 Å². The second-order valence-corrected chi connectivity index (χ2v) is 6.23. The van der Waals surface area contributed by atoms with Crippen LogP contribution in [0.5, 0.6) is 0 Å². The molecule has 0 aromatic heterocycles. The van der Waals surface area contributed by atoms with Crippen LogP contribution in [0.1, 0.15) is 46.0 Å². The Labute approximate surface area is 121 Å². The summed E-state index contributed by atoms with van der Waals surface area (Å²) in [5, 5.41) is 0. The van der Waals surface area contributed by atoms with Gasteiger partial charge < -0.3 is 14.2 Å². The number of carbonyl (C=O) groups is 1. The van der Waals surface area contributed by atoms with Gasteiger partial charge in [-0.25, -0.2) is 0 Å². The van der Waals surface area contributed by atoms with Crippen molar-refractivity contribution in [3.63, 3.8) is 0 Å². The minimum atomic E-state index is -0.553. The number of hydrogen-bond acceptors (Lipinski definition) is 4. The summed E-state index contributed by atoms with van der Waals surface area (Å²) in [7, 11) is 1.43. The first kappa shape index (κ1) is 15.5. The van der Waals surface area contributed by atoms with E-state index >= 15 is 0 Å². The van der Waals surface area contributed by atoms with Gasteiger partial charge in [0.15, 0.2) is 5.79 Å². The lowest BCUT2D eigenvalue weighted by Crippen LogP contribution is -2.55. The van der Waals surface area contributed by atoms with E-state index in [2.05, 4.69) is 20.4 Å². The Hall–Kier alpha value is -0.870. The smallest absolute Gasteiger partial charge is 0.305 e. The number of ether oxygens (including phenoxy) is 3. The van der Waals surface area contributed by atoms with Gasteiger partial charge in [-0.3, -0.25) is 4.79 Å². The first-order chi connectivity index (χ1) is 9.45. The highest BCUT2D eigenvalue weighted by Gasteiger charge is 2.58. The van der Waals surface area contributed by atoms with Crippen LogP contribution in [0.25, 0.3) is 0 Å². The maximum Gasteiger partial charge on any atom is 0.305 e. The summed E-state index contributed by atoms with van der Waals surface area (Å²) in [5.41, 5.74) is 0.928. The largest absolute Gasteiger partial charge is 0.469 e. The molecule has 2 aliphatic rings. The van der Waals surface area contributed by atoms with Gasteiger partial charge in [-0.1, -0.05) is 19.1 Å². The summed E-state index contributed by atoms with van der Waals surface area (Å²) < 4.78 is 16.8. The molecule has 4 nitrogen and oxygen atoms in total. The minimum Gasteiger partial charge on any atom is -0.469 e. The monoisotopic (exact) mass is 282 g/mol. The molecule has 0 radical (unpaired) electrons. The summed E-state index contributed by atoms with van der Waals surface area (Å²) in [6.07, 6.45) is 4.16. The van der Waals surface area contributed by atoms with Crippen molar-refractivity contribution in [3.8, 4) is 0 Å². The zero-order valence-electron chi connectivity index (χ0n) is 12.9. The molecule has 1 aliphatic heterocycles. The molecule has 0 N–H and O–H groups in total. The maximum absolute atomic E-state index is 11.6. The molecule has 0 aromatic rings. The van der Waals surface area contributed by atoms with Crippen molar-refractivity contribution in [2.45, 2.75) is 51.7 Å². The highest BCUT2D eigenvalue weighted by Crippen LogP contribution is 2.56. The van der Waals surface area contributed by atoms with Crippen molar-refractivity contribution in [1.29, 1.82) is 0 Å². The van der Waals surface area contributed by atoms with E-state index in [9.17, 15) is 4.79 Å². The Morgan fingerprint density at radius 1 is 1.40 bits per heavy atom. The van der Waals surface area contributed by atoms with Gasteiger partial charge in [-0.05, 0) is 32.1 Å². The molecule has 1 spiro atoms. The molecular formula is C16H26O4. The molecule has 114 valence electrons. The first-order valence-electron chi connectivity index (χ1n) is 7.45. The van der Waals surface area contributed by atoms with Gasteiger partial charge in [0.25, 0.3) is 0 Å². The molecule has 0 unspecified atom stereocenters. The lowest BCUT2D eigenvalue weighted by Gasteiger charge is -2.53. The molecule has 2 fully saturated rings. The number of methoxy groups -OCH3 is 1. The quantitative estimate of drug-likeness (QED) is 0.587. The number of carbonyl (C=O) groups excluding carboxylic acids is 1. The molecule has 0 amide bonds. The van der Waals surface area contributed by atoms with Crippen LogP contribution in [0.15, 0.2) is 12.2 Å². The predicted molar refractivity (Wildman–Crippen MR) is 76.1 cm³/mol. The molecule has 0 bridgehead atoms. The summed E-state index contributed by atoms with van der Waals surface area (Å²) in [5.74, 6) is -0.410. The van der Waals surface area contributed by atoms with E-state index in [4.69, 9.17) is 14.2 Å². The third-order valence-corrected chi connectivity index (χ3v) is 5.06. The van der Waals surface area contributed by atoms with Crippen LogP contribution >= 0.6 is 0 Å². The van der Waals surface area contributed by atoms with Gasteiger partial charge in [0.2, 0.25) is 0 Å². The second kappa shape index (κ2) is 5.86. The summed E-state index contributed by atoms with van der Waals surface area (Å²) in [6.45, 7) is 9.66. The molecule has 0 aromatic carbocycles. The molecule has 1 saturated carbocycles. The highest BCUT2D eigenvalue weighted by atomic mass is 16.7. The zero-order valence-corrected chi connectivity index (χ0v) is 12.9. The lowest BCUT2D eigenvalue weighted by atomic mass is 9.59. The molecule has 2 atom stereocenters. The minimum absolute atomic E-state index is 0.176. The van der Waals surface area contributed by atoms with E-state index in [1.165, 1.54) is 7.11 Å². The number of allylic oxidation sites excluding steroid dienone is 1. The Morgan fingerprint density at radius 3 is 2.60 bits per heavy atom. The average molecular weight is 282 g/mol. The van der Waals surface area contributed by atoms with Gasteiger partial charge in [-0.15, -0.1) is 0 Å². The lowest BCUT2D eigenvalue weighted by molar-refractivity contribution is -0.266. The van der Waals surface area contributed by atoms with Crippen LogP contribution in [0.4, 0.5) is 0 Å². The molecular weight excluding hydrogens is 256 g/mol. The number of esters is 1. The van der Waals surface area contributed by atoms with Crippen molar-refractivity contribution in [2.75, 3.05) is 20.3 Å². The third kappa shape index (κ3) is 2.51. The normalized spacial score (nSPS) is 32.2. The van der Waals surface area contributed by atoms with Crippen molar-refractivity contribution in [2.24, 2.45) is 11.3 Å². The standard InChI is InChI=1S/C16H26O4/c1-12(2)13-6-5-8-16(19-10-11-20-16)15(13,3)9-7-14(17)18-4/h13H,1,5-11H2,2-4H3/t13-,15-/m0/s1. The number of hydrogen-bond donors (Lipinski definition) is 0. The van der Waals surface area contributed by atoms with Gasteiger partial charge in [0.05, 0.1) is 20.3 Å². The van der Waals surface area contributed by atoms with Crippen LogP contribution in [0, 0.1) is 11.3 Å². The second-order valence-electron chi connectivity index (χ2n) is 6.23. The Bertz CT molecular complexity index is 384. The first-order valence-corrected chi connectivity index (χ1v) is 7.45. The summed E-state index contributed by atoms with van der Waals surface area (Å²) in [4.78, 5) is 11.6. The van der Waals surface area contributed by atoms with Crippen molar-refractivity contribution in [1.82, 2.24) is 0 Å². The molecule has 2 rings (SSSR count). The van der Waals surface area contributed by atoms with Gasteiger partial charge >= 0.3 is 5.97 Å². The van der Waals surface area contributed by atoms with Gasteiger partial charge in [-0.2, -0.15) is 0 Å². The van der Waals surface area contributed by atoms with Gasteiger partial charge in [0, 0.05) is 18.3 Å². The van der Waals surface area contributed by atoms with E-state index in [1.807, 2.05) is 0 Å². The van der Waals surface area contributed by atoms with Crippen molar-refractivity contribution in [3.05, 3.63) is 12.2 Å². The van der Waals surface area contributed by atoms with E-state index < -0.39 is 5.79 Å².